The van der Waals surface area contributed by atoms with E-state index in [1.54, 1.807) is 30.3 Å². The summed E-state index contributed by atoms with van der Waals surface area (Å²) in [7, 11) is 0. The molecule has 5 N–H and O–H groups in total. The van der Waals surface area contributed by atoms with Gasteiger partial charge in [0.25, 0.3) is 0 Å². The van der Waals surface area contributed by atoms with Gasteiger partial charge in [-0.15, -0.1) is 0 Å². The van der Waals surface area contributed by atoms with E-state index in [0.29, 0.717) is 0 Å². The van der Waals surface area contributed by atoms with Gasteiger partial charge in [-0.25, -0.2) is 4.79 Å². The minimum absolute atomic E-state index is 0.00398. The second-order valence-electron chi connectivity index (χ2n) is 15.6. The molecule has 0 radical (unpaired) electrons. The highest BCUT2D eigenvalue weighted by molar-refractivity contribution is 5.92. The third-order valence-electron chi connectivity index (χ3n) is 10.3. The summed E-state index contributed by atoms with van der Waals surface area (Å²) in [5, 5.41) is 11.6. The maximum absolute atomic E-state index is 13.8. The summed E-state index contributed by atoms with van der Waals surface area (Å²) < 4.78 is 43.9. The van der Waals surface area contributed by atoms with E-state index < -0.39 is 136 Å². The maximum atomic E-state index is 13.8. The van der Waals surface area contributed by atoms with Crippen LogP contribution >= 0.6 is 0 Å². The van der Waals surface area contributed by atoms with Crippen molar-refractivity contribution >= 4 is 59.6 Å². The SMILES string of the molecule is CC(=O)OC[C@H]1O[C@@H](OCC(NC(=O)OCC2c3ccccc3-c3ccccc32)C(=O)NCC(=O)NCC(=O)NCC(=O)NCC(=O)OCc2ccccc2)[C@H](OC(C)=O)[C@@H](OC(C)=O)[C@@H]1OC(C)=O. The van der Waals surface area contributed by atoms with Crippen LogP contribution in [0.1, 0.15) is 50.3 Å². The predicted molar refractivity (Wildman–Crippen MR) is 238 cm³/mol. The van der Waals surface area contributed by atoms with Crippen LogP contribution in [0.2, 0.25) is 0 Å². The van der Waals surface area contributed by atoms with E-state index in [1.807, 2.05) is 48.5 Å². The highest BCUT2D eigenvalue weighted by Crippen LogP contribution is 2.44. The molecule has 0 bridgehead atoms. The second-order valence-corrected chi connectivity index (χ2v) is 15.6. The first-order valence-corrected chi connectivity index (χ1v) is 21.8. The molecule has 1 unspecified atom stereocenters. The van der Waals surface area contributed by atoms with Crippen molar-refractivity contribution in [2.45, 2.75) is 77.0 Å². The predicted octanol–water partition coefficient (Wildman–Crippen LogP) is 0.202. The number of esters is 5. The fourth-order valence-electron chi connectivity index (χ4n) is 7.27. The fourth-order valence-corrected chi connectivity index (χ4v) is 7.27. The Morgan fingerprint density at radius 3 is 1.63 bits per heavy atom. The topological polar surface area (TPSA) is 305 Å². The number of alkyl carbamates (subject to hydrolysis) is 1. The average Bonchev–Trinajstić information content (AvgIpc) is 3.65. The Kier molecular flexibility index (Phi) is 19.7. The summed E-state index contributed by atoms with van der Waals surface area (Å²) in [6.07, 6.45) is -9.06. The molecule has 1 fully saturated rings. The van der Waals surface area contributed by atoms with Crippen LogP contribution in [-0.4, -0.2) is 142 Å². The fraction of sp³-hybridized carbons (Fsp3) is 0.404. The van der Waals surface area contributed by atoms with Crippen molar-refractivity contribution in [3.05, 3.63) is 95.6 Å². The molecule has 3 aromatic rings. The lowest BCUT2D eigenvalue weighted by Gasteiger charge is -2.44. The molecule has 0 spiro atoms. The first kappa shape index (κ1) is 53.0. The van der Waals surface area contributed by atoms with Gasteiger partial charge in [0.05, 0.1) is 26.2 Å². The monoisotopic (exact) mass is 975 g/mol. The third-order valence-corrected chi connectivity index (χ3v) is 10.3. The number of hydrogen-bond acceptors (Lipinski definition) is 18. The maximum Gasteiger partial charge on any atom is 0.407 e. The Morgan fingerprint density at radius 1 is 0.543 bits per heavy atom. The van der Waals surface area contributed by atoms with Gasteiger partial charge < -0.3 is 64.5 Å². The zero-order chi connectivity index (χ0) is 50.7. The highest BCUT2D eigenvalue weighted by atomic mass is 16.7. The van der Waals surface area contributed by atoms with Crippen molar-refractivity contribution in [2.75, 3.05) is 46.0 Å². The molecule has 3 aromatic carbocycles. The van der Waals surface area contributed by atoms with Gasteiger partial charge in [0.15, 0.2) is 24.6 Å². The quantitative estimate of drug-likeness (QED) is 0.0664. The normalized spacial score (nSPS) is 18.2. The lowest BCUT2D eigenvalue weighted by atomic mass is 9.98. The first-order valence-electron chi connectivity index (χ1n) is 21.8. The van der Waals surface area contributed by atoms with E-state index in [2.05, 4.69) is 26.6 Å². The number of carbonyl (C=O) groups excluding carboxylic acids is 10. The summed E-state index contributed by atoms with van der Waals surface area (Å²) in [6, 6.07) is 22.3. The van der Waals surface area contributed by atoms with Gasteiger partial charge in [-0.3, -0.25) is 43.2 Å². The number of benzene rings is 3. The lowest BCUT2D eigenvalue weighted by molar-refractivity contribution is -0.308. The molecule has 6 atom stereocenters. The molecule has 70 heavy (non-hydrogen) atoms. The van der Waals surface area contributed by atoms with Crippen LogP contribution in [0.25, 0.3) is 11.1 Å². The zero-order valence-corrected chi connectivity index (χ0v) is 38.6. The number of nitrogens with one attached hydrogen (secondary N) is 5. The van der Waals surface area contributed by atoms with Crippen molar-refractivity contribution in [3.8, 4) is 11.1 Å². The van der Waals surface area contributed by atoms with Gasteiger partial charge in [0, 0.05) is 33.6 Å². The summed E-state index contributed by atoms with van der Waals surface area (Å²) >= 11 is 0. The summed E-state index contributed by atoms with van der Waals surface area (Å²) in [5.74, 6) is -7.97. The molecule has 1 saturated heterocycles. The molecule has 2 aliphatic rings. The molecular weight excluding hydrogens is 923 g/mol. The first-order chi connectivity index (χ1) is 33.5. The van der Waals surface area contributed by atoms with E-state index in [0.717, 1.165) is 55.5 Å². The van der Waals surface area contributed by atoms with Crippen LogP contribution in [0.5, 0.6) is 0 Å². The molecule has 1 aliphatic heterocycles. The van der Waals surface area contributed by atoms with Crippen molar-refractivity contribution in [1.82, 2.24) is 26.6 Å². The second kappa shape index (κ2) is 26.0. The van der Waals surface area contributed by atoms with Gasteiger partial charge in [0.1, 0.15) is 38.5 Å². The number of amides is 5. The van der Waals surface area contributed by atoms with E-state index in [4.69, 9.17) is 37.9 Å². The molecule has 0 saturated carbocycles. The van der Waals surface area contributed by atoms with Gasteiger partial charge in [-0.2, -0.15) is 0 Å². The number of carbonyl (C=O) groups is 10. The Labute approximate surface area is 400 Å². The number of rotatable bonds is 22. The molecular formula is C47H53N5O18. The Hall–Kier alpha value is -7.92. The number of fused-ring (bicyclic) bond motifs is 3. The van der Waals surface area contributed by atoms with Crippen LogP contribution in [-0.2, 0) is 87.7 Å². The summed E-state index contributed by atoms with van der Waals surface area (Å²) in [4.78, 5) is 125. The van der Waals surface area contributed by atoms with Crippen LogP contribution in [0.15, 0.2) is 78.9 Å². The molecule has 374 valence electrons. The highest BCUT2D eigenvalue weighted by Gasteiger charge is 2.53. The molecule has 1 aliphatic carbocycles. The number of ether oxygens (including phenoxy) is 8. The largest absolute Gasteiger partial charge is 0.463 e. The van der Waals surface area contributed by atoms with Gasteiger partial charge in [-0.1, -0.05) is 78.9 Å². The van der Waals surface area contributed by atoms with E-state index in [1.165, 1.54) is 0 Å². The molecule has 1 heterocycles. The zero-order valence-electron chi connectivity index (χ0n) is 38.6. The molecule has 5 rings (SSSR count). The smallest absolute Gasteiger partial charge is 0.407 e. The van der Waals surface area contributed by atoms with Crippen LogP contribution < -0.4 is 26.6 Å². The lowest BCUT2D eigenvalue weighted by Crippen LogP contribution is -2.63. The van der Waals surface area contributed by atoms with Crippen molar-refractivity contribution < 1.29 is 85.8 Å². The minimum Gasteiger partial charge on any atom is -0.463 e. The van der Waals surface area contributed by atoms with Crippen LogP contribution in [0.4, 0.5) is 4.79 Å². The molecule has 23 heteroatoms. The van der Waals surface area contributed by atoms with Crippen molar-refractivity contribution in [3.63, 3.8) is 0 Å². The van der Waals surface area contributed by atoms with Crippen LogP contribution in [0, 0.1) is 0 Å². The molecule has 23 nitrogen and oxygen atoms in total. The van der Waals surface area contributed by atoms with Gasteiger partial charge >= 0.3 is 35.9 Å². The Bertz CT molecular complexity index is 2350. The molecule has 0 aromatic heterocycles. The van der Waals surface area contributed by atoms with Crippen molar-refractivity contribution in [2.24, 2.45) is 0 Å². The van der Waals surface area contributed by atoms with E-state index >= 15 is 0 Å². The molecule has 5 amide bonds. The average molecular weight is 976 g/mol. The van der Waals surface area contributed by atoms with E-state index in [9.17, 15) is 47.9 Å². The minimum atomic E-state index is -1.75. The van der Waals surface area contributed by atoms with Crippen LogP contribution in [0.3, 0.4) is 0 Å². The Balaban J connectivity index is 1.23. The summed E-state index contributed by atoms with van der Waals surface area (Å²) in [5.41, 5.74) is 4.46. The van der Waals surface area contributed by atoms with E-state index in [-0.39, 0.29) is 19.1 Å². The van der Waals surface area contributed by atoms with Gasteiger partial charge in [-0.05, 0) is 27.8 Å². The summed E-state index contributed by atoms with van der Waals surface area (Å²) in [6.45, 7) is 0.260. The van der Waals surface area contributed by atoms with Crippen molar-refractivity contribution in [1.29, 1.82) is 0 Å². The number of hydrogen-bond donors (Lipinski definition) is 5. The third kappa shape index (κ3) is 16.1. The standard InChI is InChI=1S/C47H53N5O18/c1-26(53)63-25-37-42(67-27(2)54)43(68-28(3)55)44(69-29(4)56)46(70-37)65-24-36(52-47(62)66-23-35-33-16-10-8-14-31(33)32-15-9-11-17-34(32)35)45(61)51-20-40(59)49-18-38(57)48-19-39(58)50-21-41(60)64-22-30-12-6-5-7-13-30/h5-17,35-37,42-44,46H,18-25H2,1-4H3,(H,48,57)(H,49,59)(H,50,58)(H,51,61)(H,52,62)/t36?,37-,42-,43+,44-,46-/m1/s1. The Morgan fingerprint density at radius 2 is 1.06 bits per heavy atom. The van der Waals surface area contributed by atoms with Gasteiger partial charge in [0.2, 0.25) is 23.6 Å².